The van der Waals surface area contributed by atoms with Crippen LogP contribution in [-0.4, -0.2) is 61.4 Å². The third kappa shape index (κ3) is 3.24. The molecule has 3 rings (SSSR count). The van der Waals surface area contributed by atoms with Crippen LogP contribution in [0.3, 0.4) is 0 Å². The van der Waals surface area contributed by atoms with Gasteiger partial charge in [0.2, 0.25) is 5.91 Å². The van der Waals surface area contributed by atoms with E-state index >= 15 is 0 Å². The second-order valence-corrected chi connectivity index (χ2v) is 5.67. The zero-order valence-corrected chi connectivity index (χ0v) is 12.9. The van der Waals surface area contributed by atoms with Gasteiger partial charge in [0.25, 0.3) is 0 Å². The maximum absolute atomic E-state index is 12.6. The summed E-state index contributed by atoms with van der Waals surface area (Å²) in [5.74, 6) is 0.0223. The Bertz CT molecular complexity index is 617. The molecular weight excluding hydrogens is 302 g/mol. The molecule has 7 nitrogen and oxygen atoms in total. The fraction of sp³-hybridized carbons (Fsp3) is 0.500. The van der Waals surface area contributed by atoms with Crippen molar-refractivity contribution in [3.8, 4) is 11.5 Å². The second-order valence-electron chi connectivity index (χ2n) is 5.67. The molecule has 0 aliphatic carbocycles. The molecule has 7 heteroatoms. The van der Waals surface area contributed by atoms with Gasteiger partial charge in [0.05, 0.1) is 26.2 Å². The molecular formula is C16H19NO6. The highest BCUT2D eigenvalue weighted by atomic mass is 16.5. The van der Waals surface area contributed by atoms with Crippen LogP contribution >= 0.6 is 0 Å². The molecule has 0 saturated carbocycles. The van der Waals surface area contributed by atoms with Gasteiger partial charge in [-0.2, -0.15) is 0 Å². The average Bonchev–Trinajstić information content (AvgIpc) is 2.60. The number of amides is 1. The first-order valence-electron chi connectivity index (χ1n) is 7.51. The monoisotopic (exact) mass is 321 g/mol. The topological polar surface area (TPSA) is 85.3 Å². The molecule has 1 fully saturated rings. The number of benzene rings is 1. The quantitative estimate of drug-likeness (QED) is 0.875. The average molecular weight is 321 g/mol. The van der Waals surface area contributed by atoms with Crippen molar-refractivity contribution in [2.45, 2.75) is 12.5 Å². The van der Waals surface area contributed by atoms with E-state index in [1.54, 1.807) is 12.0 Å². The lowest BCUT2D eigenvalue weighted by molar-refractivity contribution is -0.160. The number of rotatable bonds is 3. The van der Waals surface area contributed by atoms with Crippen molar-refractivity contribution in [2.75, 3.05) is 33.4 Å². The summed E-state index contributed by atoms with van der Waals surface area (Å²) in [4.78, 5) is 25.2. The van der Waals surface area contributed by atoms with Gasteiger partial charge in [0.15, 0.2) is 6.10 Å². The van der Waals surface area contributed by atoms with Gasteiger partial charge in [0.1, 0.15) is 18.1 Å². The molecule has 1 aromatic carbocycles. The normalized spacial score (nSPS) is 23.6. The fourth-order valence-electron chi connectivity index (χ4n) is 2.90. The van der Waals surface area contributed by atoms with Crippen LogP contribution in [-0.2, 0) is 20.7 Å². The molecule has 2 unspecified atom stereocenters. The number of ether oxygens (including phenoxy) is 3. The fourth-order valence-corrected chi connectivity index (χ4v) is 2.90. The van der Waals surface area contributed by atoms with Gasteiger partial charge in [-0.05, 0) is 18.1 Å². The number of nitrogens with zero attached hydrogens (tertiary/aromatic N) is 1. The van der Waals surface area contributed by atoms with E-state index in [1.807, 2.05) is 18.2 Å². The zero-order chi connectivity index (χ0) is 16.4. The van der Waals surface area contributed by atoms with Gasteiger partial charge in [-0.3, -0.25) is 4.79 Å². The van der Waals surface area contributed by atoms with E-state index in [0.29, 0.717) is 18.7 Å². The van der Waals surface area contributed by atoms with Crippen molar-refractivity contribution in [2.24, 2.45) is 5.92 Å². The summed E-state index contributed by atoms with van der Waals surface area (Å²) in [6, 6.07) is 5.54. The van der Waals surface area contributed by atoms with Gasteiger partial charge in [0, 0.05) is 12.6 Å². The number of carbonyl (C=O) groups is 2. The molecule has 2 aliphatic rings. The van der Waals surface area contributed by atoms with E-state index in [1.165, 1.54) is 0 Å². The van der Waals surface area contributed by atoms with Crippen LogP contribution in [0.5, 0.6) is 11.5 Å². The van der Waals surface area contributed by atoms with E-state index in [9.17, 15) is 9.59 Å². The third-order valence-electron chi connectivity index (χ3n) is 4.18. The Hall–Kier alpha value is -2.28. The van der Waals surface area contributed by atoms with Crippen molar-refractivity contribution in [1.82, 2.24) is 4.90 Å². The first kappa shape index (κ1) is 15.6. The van der Waals surface area contributed by atoms with Crippen LogP contribution in [0.1, 0.15) is 5.56 Å². The minimum atomic E-state index is -1.04. The van der Waals surface area contributed by atoms with Crippen molar-refractivity contribution < 1.29 is 28.9 Å². The molecule has 1 N–H and O–H groups in total. The maximum Gasteiger partial charge on any atom is 0.334 e. The first-order valence-corrected chi connectivity index (χ1v) is 7.51. The summed E-state index contributed by atoms with van der Waals surface area (Å²) < 4.78 is 16.0. The van der Waals surface area contributed by atoms with Crippen molar-refractivity contribution in [1.29, 1.82) is 0 Å². The number of carbonyl (C=O) groups excluding carboxylic acids is 1. The summed E-state index contributed by atoms with van der Waals surface area (Å²) in [6.45, 7) is 1.02. The van der Waals surface area contributed by atoms with Gasteiger partial charge in [-0.1, -0.05) is 6.07 Å². The lowest BCUT2D eigenvalue weighted by atomic mass is 9.95. The van der Waals surface area contributed by atoms with Crippen LogP contribution < -0.4 is 9.47 Å². The SMILES string of the molecule is COc1ccc2c(c1)OCC(C(=O)N1CCOC(C(=O)O)C1)C2. The largest absolute Gasteiger partial charge is 0.497 e. The summed E-state index contributed by atoms with van der Waals surface area (Å²) in [7, 11) is 1.59. The highest BCUT2D eigenvalue weighted by Crippen LogP contribution is 2.31. The Labute approximate surface area is 133 Å². The molecule has 124 valence electrons. The lowest BCUT2D eigenvalue weighted by Crippen LogP contribution is -2.51. The molecule has 2 heterocycles. The second kappa shape index (κ2) is 6.45. The Balaban J connectivity index is 1.68. The standard InChI is InChI=1S/C16H19NO6/c1-21-12-3-2-10-6-11(9-23-13(10)7-12)15(18)17-4-5-22-14(8-17)16(19)20/h2-3,7,11,14H,4-6,8-9H2,1H3,(H,19,20). The van der Waals surface area contributed by atoms with E-state index < -0.39 is 12.1 Å². The molecule has 1 aromatic rings. The Kier molecular flexibility index (Phi) is 4.38. The number of fused-ring (bicyclic) bond motifs is 1. The molecule has 0 radical (unpaired) electrons. The minimum absolute atomic E-state index is 0.0824. The molecule has 1 amide bonds. The first-order chi connectivity index (χ1) is 11.1. The van der Waals surface area contributed by atoms with E-state index in [4.69, 9.17) is 19.3 Å². The minimum Gasteiger partial charge on any atom is -0.497 e. The number of carboxylic acids is 1. The Morgan fingerprint density at radius 2 is 2.22 bits per heavy atom. The molecule has 0 bridgehead atoms. The molecule has 23 heavy (non-hydrogen) atoms. The molecule has 2 atom stereocenters. The Morgan fingerprint density at radius 3 is 2.96 bits per heavy atom. The smallest absolute Gasteiger partial charge is 0.334 e. The van der Waals surface area contributed by atoms with E-state index in [0.717, 1.165) is 11.3 Å². The number of morpholine rings is 1. The summed E-state index contributed by atoms with van der Waals surface area (Å²) in [5.41, 5.74) is 0.957. The summed E-state index contributed by atoms with van der Waals surface area (Å²) in [5, 5.41) is 9.03. The van der Waals surface area contributed by atoms with Gasteiger partial charge in [-0.25, -0.2) is 4.79 Å². The highest BCUT2D eigenvalue weighted by Gasteiger charge is 2.34. The van der Waals surface area contributed by atoms with Crippen LogP contribution in [0.4, 0.5) is 0 Å². The van der Waals surface area contributed by atoms with Crippen molar-refractivity contribution in [3.05, 3.63) is 23.8 Å². The highest BCUT2D eigenvalue weighted by molar-refractivity contribution is 5.81. The number of methoxy groups -OCH3 is 1. The van der Waals surface area contributed by atoms with Crippen molar-refractivity contribution in [3.63, 3.8) is 0 Å². The number of hydrogen-bond donors (Lipinski definition) is 1. The Morgan fingerprint density at radius 1 is 1.39 bits per heavy atom. The maximum atomic E-state index is 12.6. The number of hydrogen-bond acceptors (Lipinski definition) is 5. The van der Waals surface area contributed by atoms with Gasteiger partial charge >= 0.3 is 5.97 Å². The van der Waals surface area contributed by atoms with Crippen LogP contribution in [0.15, 0.2) is 18.2 Å². The molecule has 0 aromatic heterocycles. The van der Waals surface area contributed by atoms with Crippen LogP contribution in [0.2, 0.25) is 0 Å². The van der Waals surface area contributed by atoms with E-state index in [2.05, 4.69) is 0 Å². The number of carboxylic acid groups (broad SMARTS) is 1. The van der Waals surface area contributed by atoms with Gasteiger partial charge in [-0.15, -0.1) is 0 Å². The third-order valence-corrected chi connectivity index (χ3v) is 4.18. The summed E-state index contributed by atoms with van der Waals surface area (Å²) >= 11 is 0. The predicted octanol–water partition coefficient (Wildman–Crippen LogP) is 0.558. The predicted molar refractivity (Wildman–Crippen MR) is 79.6 cm³/mol. The lowest BCUT2D eigenvalue weighted by Gasteiger charge is -2.34. The summed E-state index contributed by atoms with van der Waals surface area (Å²) in [6.07, 6.45) is -0.374. The number of aliphatic carboxylic acids is 1. The van der Waals surface area contributed by atoms with Crippen molar-refractivity contribution >= 4 is 11.9 Å². The van der Waals surface area contributed by atoms with E-state index in [-0.39, 0.29) is 31.6 Å². The molecule has 2 aliphatic heterocycles. The van der Waals surface area contributed by atoms with Crippen LogP contribution in [0.25, 0.3) is 0 Å². The molecule has 1 saturated heterocycles. The zero-order valence-electron chi connectivity index (χ0n) is 12.9. The van der Waals surface area contributed by atoms with Crippen LogP contribution in [0, 0.1) is 5.92 Å². The van der Waals surface area contributed by atoms with Gasteiger partial charge < -0.3 is 24.2 Å². The molecule has 0 spiro atoms.